The quantitative estimate of drug-likeness (QED) is 0.484. The van der Waals surface area contributed by atoms with Crippen LogP contribution in [0, 0.1) is 5.92 Å². The van der Waals surface area contributed by atoms with E-state index in [2.05, 4.69) is 29.4 Å². The molecule has 3 heteroatoms. The van der Waals surface area contributed by atoms with E-state index in [9.17, 15) is 4.79 Å². The van der Waals surface area contributed by atoms with Crippen LogP contribution in [-0.4, -0.2) is 17.4 Å². The molecule has 1 amide bonds. The third-order valence-corrected chi connectivity index (χ3v) is 4.98. The van der Waals surface area contributed by atoms with E-state index in [0.717, 1.165) is 24.9 Å². The molecule has 1 aromatic heterocycles. The maximum atomic E-state index is 12.3. The lowest BCUT2D eigenvalue weighted by Crippen LogP contribution is -2.31. The first kappa shape index (κ1) is 19.6. The van der Waals surface area contributed by atoms with Gasteiger partial charge < -0.3 is 10.3 Å². The summed E-state index contributed by atoms with van der Waals surface area (Å²) in [6.07, 6.45) is 13.2. The molecule has 0 spiro atoms. The van der Waals surface area contributed by atoms with Gasteiger partial charge in [0.05, 0.1) is 0 Å². The predicted molar refractivity (Wildman–Crippen MR) is 107 cm³/mol. The molecule has 0 unspecified atom stereocenters. The van der Waals surface area contributed by atoms with Crippen LogP contribution in [0.2, 0.25) is 0 Å². The van der Waals surface area contributed by atoms with Crippen LogP contribution in [0.3, 0.4) is 0 Å². The van der Waals surface area contributed by atoms with Crippen molar-refractivity contribution in [2.24, 2.45) is 5.92 Å². The third kappa shape index (κ3) is 6.56. The second kappa shape index (κ2) is 11.0. The number of carbonyl (C=O) groups is 1. The number of fused-ring (bicyclic) bond motifs is 1. The molecule has 3 nitrogen and oxygen atoms in total. The normalized spacial score (nSPS) is 12.4. The first-order valence-corrected chi connectivity index (χ1v) is 10.0. The molecule has 2 rings (SSSR count). The summed E-state index contributed by atoms with van der Waals surface area (Å²) in [4.78, 5) is 15.6. The number of nitrogens with one attached hydrogen (secondary N) is 2. The minimum Gasteiger partial charge on any atom is -0.361 e. The van der Waals surface area contributed by atoms with Gasteiger partial charge in [-0.15, -0.1) is 0 Å². The van der Waals surface area contributed by atoms with Crippen LogP contribution in [0.25, 0.3) is 10.9 Å². The minimum atomic E-state index is 0.00764. The molecule has 1 heterocycles. The molecule has 0 saturated heterocycles. The summed E-state index contributed by atoms with van der Waals surface area (Å²) in [6.45, 7) is 5.08. The standard InChI is InChI=1S/C22H34N2O/c1-3-4-5-6-7-8-9-12-15-23-22(25)18(2)16-19-17-24-21-14-11-10-13-20(19)21/h10-11,13-14,17-18,24H,3-9,12,15-16H2,1-2H3,(H,23,25)/t18-/m0/s1. The van der Waals surface area contributed by atoms with Crippen molar-refractivity contribution in [1.29, 1.82) is 0 Å². The second-order valence-electron chi connectivity index (χ2n) is 7.23. The molecule has 0 radical (unpaired) electrons. The molecule has 1 aromatic carbocycles. The van der Waals surface area contributed by atoms with Crippen molar-refractivity contribution in [3.63, 3.8) is 0 Å². The van der Waals surface area contributed by atoms with E-state index in [1.165, 1.54) is 55.9 Å². The molecular weight excluding hydrogens is 308 g/mol. The number of unbranched alkanes of at least 4 members (excludes halogenated alkanes) is 7. The minimum absolute atomic E-state index is 0.00764. The average Bonchev–Trinajstić information content (AvgIpc) is 3.03. The van der Waals surface area contributed by atoms with Gasteiger partial charge in [0.2, 0.25) is 5.91 Å². The van der Waals surface area contributed by atoms with Crippen molar-refractivity contribution in [1.82, 2.24) is 10.3 Å². The van der Waals surface area contributed by atoms with Gasteiger partial charge in [0, 0.05) is 29.6 Å². The molecule has 2 N–H and O–H groups in total. The fourth-order valence-electron chi connectivity index (χ4n) is 3.37. The lowest BCUT2D eigenvalue weighted by molar-refractivity contribution is -0.124. The Kier molecular flexibility index (Phi) is 8.58. The molecule has 0 fully saturated rings. The summed E-state index contributed by atoms with van der Waals surface area (Å²) in [5, 5.41) is 4.33. The van der Waals surface area contributed by atoms with Crippen LogP contribution in [0.4, 0.5) is 0 Å². The molecule has 0 aliphatic heterocycles. The van der Waals surface area contributed by atoms with Gasteiger partial charge in [0.15, 0.2) is 0 Å². The Labute approximate surface area is 152 Å². The molecule has 0 aliphatic rings. The Morgan fingerprint density at radius 1 is 1.04 bits per heavy atom. The molecule has 0 saturated carbocycles. The van der Waals surface area contributed by atoms with Gasteiger partial charge in [-0.1, -0.05) is 77.0 Å². The lowest BCUT2D eigenvalue weighted by atomic mass is 10.00. The van der Waals surface area contributed by atoms with Crippen LogP contribution in [0.1, 0.15) is 70.8 Å². The van der Waals surface area contributed by atoms with E-state index in [1.54, 1.807) is 0 Å². The smallest absolute Gasteiger partial charge is 0.223 e. The van der Waals surface area contributed by atoms with Gasteiger partial charge in [-0.3, -0.25) is 4.79 Å². The summed E-state index contributed by atoms with van der Waals surface area (Å²) in [6, 6.07) is 8.27. The first-order chi connectivity index (χ1) is 12.2. The number of hydrogen-bond acceptors (Lipinski definition) is 1. The van der Waals surface area contributed by atoms with Crippen molar-refractivity contribution in [3.05, 3.63) is 36.0 Å². The van der Waals surface area contributed by atoms with Gasteiger partial charge in [-0.2, -0.15) is 0 Å². The molecule has 1 atom stereocenters. The molecule has 25 heavy (non-hydrogen) atoms. The third-order valence-electron chi connectivity index (χ3n) is 4.98. The molecule has 0 aliphatic carbocycles. The van der Waals surface area contributed by atoms with Crippen LogP contribution >= 0.6 is 0 Å². The van der Waals surface area contributed by atoms with E-state index in [-0.39, 0.29) is 11.8 Å². The summed E-state index contributed by atoms with van der Waals surface area (Å²) < 4.78 is 0. The zero-order valence-electron chi connectivity index (χ0n) is 15.9. The van der Waals surface area contributed by atoms with Gasteiger partial charge in [0.1, 0.15) is 0 Å². The van der Waals surface area contributed by atoms with Crippen molar-refractivity contribution in [2.75, 3.05) is 6.54 Å². The van der Waals surface area contributed by atoms with Crippen molar-refractivity contribution in [2.45, 2.75) is 71.6 Å². The fourth-order valence-corrected chi connectivity index (χ4v) is 3.37. The predicted octanol–water partition coefficient (Wildman–Crippen LogP) is 5.60. The zero-order chi connectivity index (χ0) is 17.9. The van der Waals surface area contributed by atoms with Crippen molar-refractivity contribution >= 4 is 16.8 Å². The first-order valence-electron chi connectivity index (χ1n) is 10.0. The number of H-pyrrole nitrogens is 1. The summed E-state index contributed by atoms with van der Waals surface area (Å²) in [7, 11) is 0. The highest BCUT2D eigenvalue weighted by molar-refractivity contribution is 5.84. The lowest BCUT2D eigenvalue weighted by Gasteiger charge is -2.12. The largest absolute Gasteiger partial charge is 0.361 e. The van der Waals surface area contributed by atoms with Gasteiger partial charge in [-0.05, 0) is 24.5 Å². The Morgan fingerprint density at radius 2 is 1.72 bits per heavy atom. The van der Waals surface area contributed by atoms with Crippen molar-refractivity contribution in [3.8, 4) is 0 Å². The number of rotatable bonds is 12. The average molecular weight is 343 g/mol. The van der Waals surface area contributed by atoms with Gasteiger partial charge in [0.25, 0.3) is 0 Å². The Morgan fingerprint density at radius 3 is 2.48 bits per heavy atom. The Hall–Kier alpha value is -1.77. The Bertz CT molecular complexity index is 632. The van der Waals surface area contributed by atoms with E-state index in [1.807, 2.05) is 25.3 Å². The molecular formula is C22H34N2O. The second-order valence-corrected chi connectivity index (χ2v) is 7.23. The molecule has 0 bridgehead atoms. The number of aromatic nitrogens is 1. The molecule has 138 valence electrons. The number of para-hydroxylation sites is 1. The van der Waals surface area contributed by atoms with Crippen LogP contribution in [0.15, 0.2) is 30.5 Å². The summed E-state index contributed by atoms with van der Waals surface area (Å²) >= 11 is 0. The Balaban J connectivity index is 1.61. The zero-order valence-corrected chi connectivity index (χ0v) is 15.9. The van der Waals surface area contributed by atoms with Crippen molar-refractivity contribution < 1.29 is 4.79 Å². The van der Waals surface area contributed by atoms with Gasteiger partial charge in [-0.25, -0.2) is 0 Å². The number of amides is 1. The van der Waals surface area contributed by atoms with E-state index < -0.39 is 0 Å². The van der Waals surface area contributed by atoms with Crippen LogP contribution in [-0.2, 0) is 11.2 Å². The number of aromatic amines is 1. The highest BCUT2D eigenvalue weighted by Gasteiger charge is 2.15. The monoisotopic (exact) mass is 342 g/mol. The highest BCUT2D eigenvalue weighted by atomic mass is 16.1. The van der Waals surface area contributed by atoms with E-state index >= 15 is 0 Å². The maximum absolute atomic E-state index is 12.3. The topological polar surface area (TPSA) is 44.9 Å². The maximum Gasteiger partial charge on any atom is 0.223 e. The summed E-state index contributed by atoms with van der Waals surface area (Å²) in [5.74, 6) is 0.182. The van der Waals surface area contributed by atoms with Crippen LogP contribution < -0.4 is 5.32 Å². The summed E-state index contributed by atoms with van der Waals surface area (Å²) in [5.41, 5.74) is 2.37. The SMILES string of the molecule is CCCCCCCCCCNC(=O)[C@@H](C)Cc1c[nH]c2ccccc12. The number of hydrogen-bond donors (Lipinski definition) is 2. The van der Waals surface area contributed by atoms with Gasteiger partial charge >= 0.3 is 0 Å². The number of benzene rings is 1. The molecule has 2 aromatic rings. The fraction of sp³-hybridized carbons (Fsp3) is 0.591. The van der Waals surface area contributed by atoms with Crippen LogP contribution in [0.5, 0.6) is 0 Å². The van der Waals surface area contributed by atoms with E-state index in [0.29, 0.717) is 0 Å². The highest BCUT2D eigenvalue weighted by Crippen LogP contribution is 2.20. The van der Waals surface area contributed by atoms with E-state index in [4.69, 9.17) is 0 Å². The number of carbonyl (C=O) groups excluding carboxylic acids is 1.